The van der Waals surface area contributed by atoms with Crippen LogP contribution < -0.4 is 10.6 Å². The standard InChI is InChI=1S/C17H20N2O2S2/c1-4-13-11(2)23-15(14(13)16(20)21-3)19-17(22)18-10-12-8-6-5-7-9-12/h5-9H,4,10H2,1-3H3,(H2,18,19,22). The fourth-order valence-electron chi connectivity index (χ4n) is 2.34. The van der Waals surface area contributed by atoms with Gasteiger partial charge < -0.3 is 15.4 Å². The Balaban J connectivity index is 2.10. The van der Waals surface area contributed by atoms with E-state index in [-0.39, 0.29) is 5.97 Å². The van der Waals surface area contributed by atoms with Gasteiger partial charge in [-0.05, 0) is 36.7 Å². The van der Waals surface area contributed by atoms with Gasteiger partial charge in [0.1, 0.15) is 5.00 Å². The summed E-state index contributed by atoms with van der Waals surface area (Å²) >= 11 is 6.86. The van der Waals surface area contributed by atoms with Gasteiger partial charge in [0.05, 0.1) is 12.7 Å². The van der Waals surface area contributed by atoms with E-state index >= 15 is 0 Å². The average molecular weight is 348 g/mol. The molecule has 0 aliphatic heterocycles. The number of hydrogen-bond acceptors (Lipinski definition) is 4. The molecule has 0 saturated heterocycles. The minimum absolute atomic E-state index is 0.334. The van der Waals surface area contributed by atoms with Crippen LogP contribution in [0.3, 0.4) is 0 Å². The number of ether oxygens (including phenoxy) is 1. The van der Waals surface area contributed by atoms with E-state index < -0.39 is 0 Å². The first-order chi connectivity index (χ1) is 11.1. The first-order valence-corrected chi connectivity index (χ1v) is 8.58. The average Bonchev–Trinajstić information content (AvgIpc) is 2.88. The molecule has 0 aliphatic carbocycles. The molecule has 0 bridgehead atoms. The van der Waals surface area contributed by atoms with Gasteiger partial charge in [0.15, 0.2) is 5.11 Å². The number of hydrogen-bond donors (Lipinski definition) is 2. The Morgan fingerprint density at radius 3 is 2.61 bits per heavy atom. The molecule has 1 aromatic carbocycles. The lowest BCUT2D eigenvalue weighted by atomic mass is 10.1. The third-order valence-electron chi connectivity index (χ3n) is 3.47. The zero-order valence-electron chi connectivity index (χ0n) is 13.4. The van der Waals surface area contributed by atoms with Crippen LogP contribution in [0.15, 0.2) is 30.3 Å². The quantitative estimate of drug-likeness (QED) is 0.634. The molecule has 0 fully saturated rings. The minimum atomic E-state index is -0.334. The van der Waals surface area contributed by atoms with Crippen molar-refractivity contribution in [2.75, 3.05) is 12.4 Å². The molecule has 0 atom stereocenters. The Kier molecular flexibility index (Phi) is 6.12. The second-order valence-electron chi connectivity index (χ2n) is 4.98. The first kappa shape index (κ1) is 17.4. The summed E-state index contributed by atoms with van der Waals surface area (Å²) in [6, 6.07) is 10.0. The van der Waals surface area contributed by atoms with Gasteiger partial charge in [-0.1, -0.05) is 37.3 Å². The van der Waals surface area contributed by atoms with E-state index in [0.717, 1.165) is 27.4 Å². The maximum absolute atomic E-state index is 12.1. The number of rotatable bonds is 5. The van der Waals surface area contributed by atoms with Gasteiger partial charge in [-0.15, -0.1) is 11.3 Å². The van der Waals surface area contributed by atoms with Gasteiger partial charge in [0.25, 0.3) is 0 Å². The molecule has 2 N–H and O–H groups in total. The third kappa shape index (κ3) is 4.30. The Morgan fingerprint density at radius 2 is 2.00 bits per heavy atom. The van der Waals surface area contributed by atoms with Crippen LogP contribution in [0.1, 0.15) is 33.3 Å². The van der Waals surface area contributed by atoms with Crippen molar-refractivity contribution in [3.63, 3.8) is 0 Å². The van der Waals surface area contributed by atoms with E-state index in [0.29, 0.717) is 17.2 Å². The topological polar surface area (TPSA) is 50.4 Å². The normalized spacial score (nSPS) is 10.2. The van der Waals surface area contributed by atoms with Crippen LogP contribution >= 0.6 is 23.6 Å². The number of thiophene rings is 1. The van der Waals surface area contributed by atoms with E-state index in [9.17, 15) is 4.79 Å². The number of benzene rings is 1. The van der Waals surface area contributed by atoms with Crippen LogP contribution in [0.2, 0.25) is 0 Å². The summed E-state index contributed by atoms with van der Waals surface area (Å²) in [5.41, 5.74) is 2.73. The molecule has 0 amide bonds. The van der Waals surface area contributed by atoms with Crippen molar-refractivity contribution in [2.45, 2.75) is 26.8 Å². The maximum Gasteiger partial charge on any atom is 0.341 e. The van der Waals surface area contributed by atoms with Crippen molar-refractivity contribution in [1.82, 2.24) is 5.32 Å². The van der Waals surface area contributed by atoms with Crippen molar-refractivity contribution in [3.8, 4) is 0 Å². The van der Waals surface area contributed by atoms with Crippen molar-refractivity contribution >= 4 is 39.6 Å². The molecule has 1 aromatic heterocycles. The lowest BCUT2D eigenvalue weighted by Crippen LogP contribution is -2.28. The summed E-state index contributed by atoms with van der Waals surface area (Å²) in [4.78, 5) is 13.2. The monoisotopic (exact) mass is 348 g/mol. The minimum Gasteiger partial charge on any atom is -0.465 e. The molecule has 0 aliphatic rings. The zero-order chi connectivity index (χ0) is 16.8. The molecule has 122 valence electrons. The number of thiocarbonyl (C=S) groups is 1. The summed E-state index contributed by atoms with van der Waals surface area (Å²) in [5, 5.41) is 7.50. The van der Waals surface area contributed by atoms with E-state index in [1.54, 1.807) is 0 Å². The smallest absolute Gasteiger partial charge is 0.341 e. The molecule has 23 heavy (non-hydrogen) atoms. The molecule has 2 aromatic rings. The highest BCUT2D eigenvalue weighted by molar-refractivity contribution is 7.80. The highest BCUT2D eigenvalue weighted by atomic mass is 32.1. The van der Waals surface area contributed by atoms with Crippen molar-refractivity contribution in [3.05, 3.63) is 51.9 Å². The second kappa shape index (κ2) is 8.08. The Bertz CT molecular complexity index is 696. The fraction of sp³-hybridized carbons (Fsp3) is 0.294. The second-order valence-corrected chi connectivity index (χ2v) is 6.61. The van der Waals surface area contributed by atoms with Crippen LogP contribution in [-0.2, 0) is 17.7 Å². The van der Waals surface area contributed by atoms with Crippen LogP contribution in [0.25, 0.3) is 0 Å². The highest BCUT2D eigenvalue weighted by Crippen LogP contribution is 2.33. The molecule has 0 saturated carbocycles. The number of carbonyl (C=O) groups excluding carboxylic acids is 1. The number of aryl methyl sites for hydroxylation is 1. The van der Waals surface area contributed by atoms with E-state index in [1.165, 1.54) is 18.4 Å². The predicted molar refractivity (Wildman–Crippen MR) is 99.3 cm³/mol. The van der Waals surface area contributed by atoms with Gasteiger partial charge >= 0.3 is 5.97 Å². The number of methoxy groups -OCH3 is 1. The number of nitrogens with one attached hydrogen (secondary N) is 2. The predicted octanol–water partition coefficient (Wildman–Crippen LogP) is 3.89. The van der Waals surface area contributed by atoms with E-state index in [2.05, 4.69) is 10.6 Å². The van der Waals surface area contributed by atoms with Gasteiger partial charge in [-0.25, -0.2) is 4.79 Å². The Morgan fingerprint density at radius 1 is 1.30 bits per heavy atom. The summed E-state index contributed by atoms with van der Waals surface area (Å²) in [5.74, 6) is -0.334. The molecule has 0 unspecified atom stereocenters. The molecular formula is C17H20N2O2S2. The first-order valence-electron chi connectivity index (χ1n) is 7.36. The zero-order valence-corrected chi connectivity index (χ0v) is 15.1. The van der Waals surface area contributed by atoms with E-state index in [1.807, 2.05) is 44.2 Å². The Hall–Kier alpha value is -1.92. The third-order valence-corrected chi connectivity index (χ3v) is 4.78. The Labute approximate surface area is 145 Å². The highest BCUT2D eigenvalue weighted by Gasteiger charge is 2.22. The summed E-state index contributed by atoms with van der Waals surface area (Å²) in [6.45, 7) is 4.66. The van der Waals surface area contributed by atoms with Gasteiger partial charge in [0, 0.05) is 11.4 Å². The lowest BCUT2D eigenvalue weighted by molar-refractivity contribution is 0.0601. The van der Waals surface area contributed by atoms with Crippen LogP contribution in [0.5, 0.6) is 0 Å². The summed E-state index contributed by atoms with van der Waals surface area (Å²) in [6.07, 6.45) is 0.776. The van der Waals surface area contributed by atoms with Crippen LogP contribution in [0, 0.1) is 6.92 Å². The molecule has 0 radical (unpaired) electrons. The van der Waals surface area contributed by atoms with Crippen molar-refractivity contribution < 1.29 is 9.53 Å². The largest absolute Gasteiger partial charge is 0.465 e. The van der Waals surface area contributed by atoms with Gasteiger partial charge in [-0.2, -0.15) is 0 Å². The van der Waals surface area contributed by atoms with Gasteiger partial charge in [-0.3, -0.25) is 0 Å². The van der Waals surface area contributed by atoms with Crippen LogP contribution in [-0.4, -0.2) is 18.2 Å². The van der Waals surface area contributed by atoms with Crippen molar-refractivity contribution in [2.24, 2.45) is 0 Å². The van der Waals surface area contributed by atoms with Gasteiger partial charge in [0.2, 0.25) is 0 Å². The van der Waals surface area contributed by atoms with E-state index in [4.69, 9.17) is 17.0 Å². The molecule has 0 spiro atoms. The molecule has 2 rings (SSSR count). The number of esters is 1. The number of anilines is 1. The van der Waals surface area contributed by atoms with Crippen molar-refractivity contribution in [1.29, 1.82) is 0 Å². The summed E-state index contributed by atoms with van der Waals surface area (Å²) in [7, 11) is 1.39. The SMILES string of the molecule is CCc1c(C)sc(NC(=S)NCc2ccccc2)c1C(=O)OC. The molecular weight excluding hydrogens is 328 g/mol. The summed E-state index contributed by atoms with van der Waals surface area (Å²) < 4.78 is 4.91. The number of carbonyl (C=O) groups is 1. The van der Waals surface area contributed by atoms with Crippen LogP contribution in [0.4, 0.5) is 5.00 Å². The molecule has 6 heteroatoms. The fourth-order valence-corrected chi connectivity index (χ4v) is 3.71. The maximum atomic E-state index is 12.1. The molecule has 1 heterocycles. The lowest BCUT2D eigenvalue weighted by Gasteiger charge is -2.11. The molecule has 4 nitrogen and oxygen atoms in total.